The summed E-state index contributed by atoms with van der Waals surface area (Å²) in [7, 11) is 0. The van der Waals surface area contributed by atoms with Gasteiger partial charge in [-0.3, -0.25) is 4.79 Å². The van der Waals surface area contributed by atoms with E-state index in [2.05, 4.69) is 5.16 Å². The van der Waals surface area contributed by atoms with Crippen LogP contribution in [-0.2, 0) is 0 Å². The van der Waals surface area contributed by atoms with Gasteiger partial charge in [0.1, 0.15) is 5.71 Å². The highest BCUT2D eigenvalue weighted by Crippen LogP contribution is 2.27. The fraction of sp³-hybridized carbons (Fsp3) is 0. The Morgan fingerprint density at radius 3 is 1.59 bits per heavy atom. The van der Waals surface area contributed by atoms with E-state index in [1.165, 1.54) is 0 Å². The predicted molar refractivity (Wildman–Crippen MR) is 63.7 cm³/mol. The van der Waals surface area contributed by atoms with Gasteiger partial charge >= 0.3 is 0 Å². The van der Waals surface area contributed by atoms with E-state index in [1.54, 1.807) is 36.4 Å². The van der Waals surface area contributed by atoms with Crippen LogP contribution >= 0.6 is 0 Å². The van der Waals surface area contributed by atoms with Crippen LogP contribution in [0, 0.1) is 0 Å². The minimum absolute atomic E-state index is 0.0244. The fourth-order valence-electron chi connectivity index (χ4n) is 2.17. The average Bonchev–Trinajstić information content (AvgIpc) is 2.40. The molecular formula is C14H9NO2. The largest absolute Gasteiger partial charge is 0.410 e. The Kier molecular flexibility index (Phi) is 2.05. The number of ketones is 1. The number of benzene rings is 2. The zero-order valence-electron chi connectivity index (χ0n) is 8.92. The van der Waals surface area contributed by atoms with Crippen LogP contribution in [0.15, 0.2) is 53.7 Å². The van der Waals surface area contributed by atoms with E-state index in [1.807, 2.05) is 12.1 Å². The molecule has 1 N–H and O–H groups in total. The maximum atomic E-state index is 12.2. The molecule has 1 aliphatic carbocycles. The lowest BCUT2D eigenvalue weighted by molar-refractivity contribution is 0.103. The molecule has 0 atom stereocenters. The minimum atomic E-state index is -0.0244. The lowest BCUT2D eigenvalue weighted by Gasteiger charge is -2.18. The van der Waals surface area contributed by atoms with E-state index in [0.717, 1.165) is 0 Å². The monoisotopic (exact) mass is 223 g/mol. The number of fused-ring (bicyclic) bond motifs is 2. The third-order valence-corrected chi connectivity index (χ3v) is 2.95. The van der Waals surface area contributed by atoms with Crippen molar-refractivity contribution >= 4 is 11.5 Å². The van der Waals surface area contributed by atoms with Gasteiger partial charge in [0.05, 0.1) is 0 Å². The van der Waals surface area contributed by atoms with Gasteiger partial charge in [-0.25, -0.2) is 0 Å². The van der Waals surface area contributed by atoms with Crippen molar-refractivity contribution in [2.45, 2.75) is 0 Å². The molecule has 0 unspecified atom stereocenters. The Bertz CT molecular complexity index is 593. The molecule has 0 aromatic heterocycles. The molecule has 0 heterocycles. The smallest absolute Gasteiger partial charge is 0.194 e. The summed E-state index contributed by atoms with van der Waals surface area (Å²) in [5.74, 6) is -0.0244. The molecule has 0 amide bonds. The molecule has 1 aliphatic rings. The summed E-state index contributed by atoms with van der Waals surface area (Å²) in [6, 6.07) is 14.3. The first-order valence-electron chi connectivity index (χ1n) is 5.28. The summed E-state index contributed by atoms with van der Waals surface area (Å²) >= 11 is 0. The molecule has 17 heavy (non-hydrogen) atoms. The summed E-state index contributed by atoms with van der Waals surface area (Å²) in [5.41, 5.74) is 2.98. The fourth-order valence-corrected chi connectivity index (χ4v) is 2.17. The highest BCUT2D eigenvalue weighted by atomic mass is 16.4. The van der Waals surface area contributed by atoms with Gasteiger partial charge in [0.15, 0.2) is 5.78 Å². The summed E-state index contributed by atoms with van der Waals surface area (Å²) in [4.78, 5) is 12.2. The van der Waals surface area contributed by atoms with Crippen LogP contribution in [0.3, 0.4) is 0 Å². The Morgan fingerprint density at radius 1 is 0.765 bits per heavy atom. The van der Waals surface area contributed by atoms with Gasteiger partial charge in [0.2, 0.25) is 0 Å². The SMILES string of the molecule is O=C1c2ccccc2C(=NO)c2ccccc21. The number of oxime groups is 1. The zero-order chi connectivity index (χ0) is 11.8. The maximum absolute atomic E-state index is 12.2. The van der Waals surface area contributed by atoms with Gasteiger partial charge in [-0.15, -0.1) is 0 Å². The van der Waals surface area contributed by atoms with E-state index in [-0.39, 0.29) is 5.78 Å². The van der Waals surface area contributed by atoms with Crippen molar-refractivity contribution in [3.05, 3.63) is 70.8 Å². The molecule has 0 saturated carbocycles. The molecule has 82 valence electrons. The van der Waals surface area contributed by atoms with Crippen molar-refractivity contribution in [3.63, 3.8) is 0 Å². The Balaban J connectivity index is 2.37. The predicted octanol–water partition coefficient (Wildman–Crippen LogP) is 2.46. The van der Waals surface area contributed by atoms with Crippen LogP contribution in [0.2, 0.25) is 0 Å². The van der Waals surface area contributed by atoms with Crippen molar-refractivity contribution in [2.24, 2.45) is 5.16 Å². The Morgan fingerprint density at radius 2 is 1.18 bits per heavy atom. The molecular weight excluding hydrogens is 214 g/mol. The molecule has 0 saturated heterocycles. The van der Waals surface area contributed by atoms with Gasteiger partial charge in [0.25, 0.3) is 0 Å². The Labute approximate surface area is 98.0 Å². The topological polar surface area (TPSA) is 49.7 Å². The average molecular weight is 223 g/mol. The third-order valence-electron chi connectivity index (χ3n) is 2.95. The van der Waals surface area contributed by atoms with Crippen molar-refractivity contribution in [1.82, 2.24) is 0 Å². The van der Waals surface area contributed by atoms with Gasteiger partial charge in [0, 0.05) is 22.3 Å². The molecule has 0 aliphatic heterocycles. The van der Waals surface area contributed by atoms with Crippen LogP contribution in [0.25, 0.3) is 0 Å². The number of carbonyl (C=O) groups excluding carboxylic acids is 1. The van der Waals surface area contributed by atoms with Crippen molar-refractivity contribution in [2.75, 3.05) is 0 Å². The van der Waals surface area contributed by atoms with Gasteiger partial charge < -0.3 is 5.21 Å². The first kappa shape index (κ1) is 9.78. The normalized spacial score (nSPS) is 12.9. The number of hydrogen-bond acceptors (Lipinski definition) is 3. The van der Waals surface area contributed by atoms with Gasteiger partial charge in [-0.1, -0.05) is 53.7 Å². The van der Waals surface area contributed by atoms with Crippen LogP contribution in [-0.4, -0.2) is 16.7 Å². The first-order chi connectivity index (χ1) is 8.33. The summed E-state index contributed by atoms with van der Waals surface area (Å²) in [5, 5.41) is 12.5. The second kappa shape index (κ2) is 3.56. The molecule has 0 bridgehead atoms. The second-order valence-electron chi connectivity index (χ2n) is 3.87. The van der Waals surface area contributed by atoms with Crippen LogP contribution in [0.4, 0.5) is 0 Å². The van der Waals surface area contributed by atoms with Crippen molar-refractivity contribution < 1.29 is 10.0 Å². The highest BCUT2D eigenvalue weighted by molar-refractivity contribution is 6.29. The van der Waals surface area contributed by atoms with E-state index < -0.39 is 0 Å². The minimum Gasteiger partial charge on any atom is -0.410 e. The maximum Gasteiger partial charge on any atom is 0.194 e. The molecule has 2 aromatic rings. The van der Waals surface area contributed by atoms with Crippen LogP contribution in [0.5, 0.6) is 0 Å². The van der Waals surface area contributed by atoms with Crippen LogP contribution < -0.4 is 0 Å². The standard InChI is InChI=1S/C14H9NO2/c16-14-11-7-3-1-5-9(11)13(15-17)10-6-2-4-8-12(10)14/h1-8,17H. The molecule has 0 fully saturated rings. The lowest BCUT2D eigenvalue weighted by Crippen LogP contribution is -2.21. The van der Waals surface area contributed by atoms with E-state index >= 15 is 0 Å². The quantitative estimate of drug-likeness (QED) is 0.470. The summed E-state index contributed by atoms with van der Waals surface area (Å²) in [6.45, 7) is 0. The van der Waals surface area contributed by atoms with E-state index in [9.17, 15) is 4.79 Å². The Hall–Kier alpha value is -2.42. The van der Waals surface area contributed by atoms with Crippen molar-refractivity contribution in [1.29, 1.82) is 0 Å². The molecule has 3 nitrogen and oxygen atoms in total. The lowest BCUT2D eigenvalue weighted by atomic mass is 9.84. The molecule has 0 spiro atoms. The van der Waals surface area contributed by atoms with Gasteiger partial charge in [-0.2, -0.15) is 0 Å². The highest BCUT2D eigenvalue weighted by Gasteiger charge is 2.27. The number of rotatable bonds is 0. The molecule has 0 radical (unpaired) electrons. The number of hydrogen-bond donors (Lipinski definition) is 1. The number of nitrogens with zero attached hydrogens (tertiary/aromatic N) is 1. The first-order valence-corrected chi connectivity index (χ1v) is 5.28. The van der Waals surface area contributed by atoms with Crippen LogP contribution in [0.1, 0.15) is 27.0 Å². The molecule has 2 aromatic carbocycles. The second-order valence-corrected chi connectivity index (χ2v) is 3.87. The zero-order valence-corrected chi connectivity index (χ0v) is 8.92. The third kappa shape index (κ3) is 1.29. The number of carbonyl (C=O) groups is 1. The summed E-state index contributed by atoms with van der Waals surface area (Å²) < 4.78 is 0. The molecule has 3 rings (SSSR count). The summed E-state index contributed by atoms with van der Waals surface area (Å²) in [6.07, 6.45) is 0. The van der Waals surface area contributed by atoms with E-state index in [4.69, 9.17) is 5.21 Å². The molecule has 3 heteroatoms. The van der Waals surface area contributed by atoms with Crippen molar-refractivity contribution in [3.8, 4) is 0 Å². The van der Waals surface area contributed by atoms with E-state index in [0.29, 0.717) is 28.0 Å². The van der Waals surface area contributed by atoms with Gasteiger partial charge in [-0.05, 0) is 0 Å².